The van der Waals surface area contributed by atoms with Gasteiger partial charge in [0.25, 0.3) is 5.56 Å². The first-order chi connectivity index (χ1) is 14.1. The number of rotatable bonds is 2. The van der Waals surface area contributed by atoms with E-state index in [2.05, 4.69) is 17.0 Å². The summed E-state index contributed by atoms with van der Waals surface area (Å²) in [5, 5.41) is 0. The largest absolute Gasteiger partial charge is 0.356 e. The summed E-state index contributed by atoms with van der Waals surface area (Å²) in [5.74, 6) is 1.25. The highest BCUT2D eigenvalue weighted by atomic mass is 32.2. The molecule has 2 aromatic rings. The lowest BCUT2D eigenvalue weighted by Gasteiger charge is -2.43. The van der Waals surface area contributed by atoms with Crippen LogP contribution in [0.25, 0.3) is 0 Å². The Bertz CT molecular complexity index is 1030. The number of thiocarbonyl (C=S) groups is 1. The fourth-order valence-corrected chi connectivity index (χ4v) is 6.00. The van der Waals surface area contributed by atoms with Crippen molar-refractivity contribution in [3.63, 3.8) is 0 Å². The maximum atomic E-state index is 12.8. The molecule has 0 unspecified atom stereocenters. The molecule has 0 spiro atoms. The average Bonchev–Trinajstić information content (AvgIpc) is 3.17. The molecular weight excluding hydrogens is 402 g/mol. The molecule has 0 saturated carbocycles. The Morgan fingerprint density at radius 1 is 1.10 bits per heavy atom. The van der Waals surface area contributed by atoms with Gasteiger partial charge in [-0.05, 0) is 36.5 Å². The molecule has 1 fully saturated rings. The predicted octanol–water partition coefficient (Wildman–Crippen LogP) is 2.87. The summed E-state index contributed by atoms with van der Waals surface area (Å²) in [6.07, 6.45) is 2.03. The second kappa shape index (κ2) is 7.61. The summed E-state index contributed by atoms with van der Waals surface area (Å²) in [6.45, 7) is 3.21. The van der Waals surface area contributed by atoms with E-state index in [1.807, 2.05) is 33.7 Å². The number of para-hydroxylation sites is 1. The number of benzene rings is 1. The number of fused-ring (bicyclic) bond motifs is 5. The van der Waals surface area contributed by atoms with Crippen LogP contribution in [0.4, 0.5) is 5.69 Å². The Kier molecular flexibility index (Phi) is 4.95. The summed E-state index contributed by atoms with van der Waals surface area (Å²) >= 11 is 7.17. The summed E-state index contributed by atoms with van der Waals surface area (Å²) in [6, 6.07) is 13.7. The highest BCUT2D eigenvalue weighted by Crippen LogP contribution is 2.36. The van der Waals surface area contributed by atoms with Crippen LogP contribution in [0, 0.1) is 5.92 Å². The van der Waals surface area contributed by atoms with E-state index >= 15 is 0 Å². The molecular formula is C22H23N3O2S2. The number of thioether (sulfide) groups is 1. The number of aromatic nitrogens is 1. The van der Waals surface area contributed by atoms with Crippen molar-refractivity contribution in [2.75, 3.05) is 30.3 Å². The Hall–Kier alpha value is -2.12. The quantitative estimate of drug-likeness (QED) is 0.693. The van der Waals surface area contributed by atoms with Crippen molar-refractivity contribution in [1.82, 2.24) is 9.47 Å². The van der Waals surface area contributed by atoms with E-state index in [9.17, 15) is 9.59 Å². The van der Waals surface area contributed by atoms with Crippen LogP contribution in [0.1, 0.15) is 23.6 Å². The van der Waals surface area contributed by atoms with Gasteiger partial charge in [0.15, 0.2) is 0 Å². The molecule has 4 heterocycles. The summed E-state index contributed by atoms with van der Waals surface area (Å²) in [7, 11) is 0. The minimum Gasteiger partial charge on any atom is -0.356 e. The van der Waals surface area contributed by atoms with Gasteiger partial charge in [0.05, 0.1) is 5.75 Å². The number of amides is 1. The van der Waals surface area contributed by atoms with Crippen LogP contribution in [0.5, 0.6) is 0 Å². The smallest absolute Gasteiger partial charge is 0.250 e. The Balaban J connectivity index is 1.23. The van der Waals surface area contributed by atoms with Gasteiger partial charge in [0.1, 0.15) is 4.32 Å². The van der Waals surface area contributed by atoms with Crippen molar-refractivity contribution >= 4 is 39.9 Å². The molecule has 3 aliphatic heterocycles. The van der Waals surface area contributed by atoms with Crippen LogP contribution in [0.15, 0.2) is 47.3 Å². The fourth-order valence-electron chi connectivity index (χ4n) is 4.94. The first-order valence-electron chi connectivity index (χ1n) is 10.1. The zero-order valence-corrected chi connectivity index (χ0v) is 17.8. The van der Waals surface area contributed by atoms with Gasteiger partial charge in [-0.15, -0.1) is 0 Å². The van der Waals surface area contributed by atoms with E-state index in [-0.39, 0.29) is 11.5 Å². The second-order valence-corrected chi connectivity index (χ2v) is 9.69. The fraction of sp³-hybridized carbons (Fsp3) is 0.409. The molecule has 0 N–H and O–H groups in total. The van der Waals surface area contributed by atoms with Gasteiger partial charge in [-0.1, -0.05) is 48.2 Å². The normalized spacial score (nSPS) is 22.2. The van der Waals surface area contributed by atoms with Gasteiger partial charge in [0.2, 0.25) is 5.91 Å². The van der Waals surface area contributed by atoms with Crippen LogP contribution in [-0.2, 0) is 17.8 Å². The number of carbonyl (C=O) groups excluding carboxylic acids is 1. The SMILES string of the molecule is O=C(CSC(=S)N1C[C@H]2C[C@@H](C1)c1cccc(=O)n1C2)N1CCc2ccccc21. The molecule has 5 rings (SSSR count). The predicted molar refractivity (Wildman–Crippen MR) is 121 cm³/mol. The molecule has 1 saturated heterocycles. The molecule has 0 radical (unpaired) electrons. The standard InChI is InChI=1S/C22H23N3O2S2/c26-20-7-3-6-19-17-10-15(12-25(19)20)11-23(13-17)22(28)29-14-21(27)24-9-8-16-4-1-2-5-18(16)24/h1-7,15,17H,8-14H2/t15-,17+/m1/s1. The molecule has 1 amide bonds. The molecule has 7 heteroatoms. The van der Waals surface area contributed by atoms with Gasteiger partial charge in [0, 0.05) is 49.5 Å². The summed E-state index contributed by atoms with van der Waals surface area (Å²) in [5.41, 5.74) is 3.50. The Morgan fingerprint density at radius 2 is 1.97 bits per heavy atom. The third kappa shape index (κ3) is 3.51. The Morgan fingerprint density at radius 3 is 2.86 bits per heavy atom. The zero-order chi connectivity index (χ0) is 20.0. The van der Waals surface area contributed by atoms with Gasteiger partial charge in [-0.2, -0.15) is 0 Å². The number of piperidine rings is 1. The number of pyridine rings is 1. The van der Waals surface area contributed by atoms with Crippen LogP contribution in [0.3, 0.4) is 0 Å². The van der Waals surface area contributed by atoms with Gasteiger partial charge >= 0.3 is 0 Å². The van der Waals surface area contributed by atoms with Crippen molar-refractivity contribution in [2.45, 2.75) is 25.3 Å². The lowest BCUT2D eigenvalue weighted by atomic mass is 9.83. The number of hydrogen-bond acceptors (Lipinski definition) is 4. The minimum atomic E-state index is 0.0964. The number of hydrogen-bond donors (Lipinski definition) is 0. The van der Waals surface area contributed by atoms with E-state index in [0.717, 1.165) is 54.7 Å². The maximum absolute atomic E-state index is 12.8. The number of nitrogens with zero attached hydrogens (tertiary/aromatic N) is 3. The lowest BCUT2D eigenvalue weighted by molar-refractivity contribution is -0.116. The summed E-state index contributed by atoms with van der Waals surface area (Å²) < 4.78 is 2.73. The number of anilines is 1. The molecule has 0 aliphatic carbocycles. The second-order valence-electron chi connectivity index (χ2n) is 8.08. The maximum Gasteiger partial charge on any atom is 0.250 e. The van der Waals surface area contributed by atoms with Crippen LogP contribution >= 0.6 is 24.0 Å². The van der Waals surface area contributed by atoms with Crippen LogP contribution < -0.4 is 10.5 Å². The molecule has 2 bridgehead atoms. The van der Waals surface area contributed by atoms with E-state index in [1.54, 1.807) is 6.07 Å². The topological polar surface area (TPSA) is 45.6 Å². The van der Waals surface area contributed by atoms with Crippen molar-refractivity contribution in [3.8, 4) is 0 Å². The van der Waals surface area contributed by atoms with Crippen molar-refractivity contribution in [2.24, 2.45) is 5.92 Å². The average molecular weight is 426 g/mol. The zero-order valence-electron chi connectivity index (χ0n) is 16.1. The van der Waals surface area contributed by atoms with E-state index in [4.69, 9.17) is 12.2 Å². The van der Waals surface area contributed by atoms with Gasteiger partial charge in [-0.3, -0.25) is 9.59 Å². The molecule has 29 heavy (non-hydrogen) atoms. The number of carbonyl (C=O) groups is 1. The lowest BCUT2D eigenvalue weighted by Crippen LogP contribution is -2.48. The molecule has 3 aliphatic rings. The van der Waals surface area contributed by atoms with E-state index in [1.165, 1.54) is 17.3 Å². The van der Waals surface area contributed by atoms with Gasteiger partial charge in [-0.25, -0.2) is 0 Å². The third-order valence-corrected chi connectivity index (χ3v) is 7.75. The monoisotopic (exact) mass is 425 g/mol. The third-order valence-electron chi connectivity index (χ3n) is 6.25. The molecule has 2 atom stereocenters. The van der Waals surface area contributed by atoms with Crippen LogP contribution in [0.2, 0.25) is 0 Å². The molecule has 1 aromatic heterocycles. The van der Waals surface area contributed by atoms with Gasteiger partial charge < -0.3 is 14.4 Å². The summed E-state index contributed by atoms with van der Waals surface area (Å²) in [4.78, 5) is 29.1. The molecule has 5 nitrogen and oxygen atoms in total. The first kappa shape index (κ1) is 18.9. The van der Waals surface area contributed by atoms with E-state index in [0.29, 0.717) is 17.6 Å². The molecule has 1 aromatic carbocycles. The van der Waals surface area contributed by atoms with Crippen LogP contribution in [-0.4, -0.2) is 45.1 Å². The first-order valence-corrected chi connectivity index (χ1v) is 11.5. The highest BCUT2D eigenvalue weighted by Gasteiger charge is 2.35. The molecule has 150 valence electrons. The number of likely N-dealkylation sites (tertiary alicyclic amines) is 1. The van der Waals surface area contributed by atoms with Crippen molar-refractivity contribution < 1.29 is 4.79 Å². The van der Waals surface area contributed by atoms with Crippen molar-refractivity contribution in [3.05, 3.63) is 64.1 Å². The van der Waals surface area contributed by atoms with E-state index < -0.39 is 0 Å². The van der Waals surface area contributed by atoms with Crippen molar-refractivity contribution in [1.29, 1.82) is 0 Å². The minimum absolute atomic E-state index is 0.0964. The highest BCUT2D eigenvalue weighted by molar-refractivity contribution is 8.23. The Labute approximate surface area is 179 Å².